The van der Waals surface area contributed by atoms with Crippen molar-refractivity contribution in [1.29, 1.82) is 0 Å². The van der Waals surface area contributed by atoms with Gasteiger partial charge in [0.15, 0.2) is 6.10 Å². The third-order valence-corrected chi connectivity index (χ3v) is 13.9. The first kappa shape index (κ1) is 64.4. The van der Waals surface area contributed by atoms with Gasteiger partial charge in [0.25, 0.3) is 0 Å². The summed E-state index contributed by atoms with van der Waals surface area (Å²) in [5.74, 6) is -0.832. The summed E-state index contributed by atoms with van der Waals surface area (Å²) in [5.41, 5.74) is 0. The Hall–Kier alpha value is -1.59. The van der Waals surface area contributed by atoms with Gasteiger partial charge in [0, 0.05) is 19.3 Å². The van der Waals surface area contributed by atoms with Gasteiger partial charge < -0.3 is 14.2 Å². The van der Waals surface area contributed by atoms with Crippen molar-refractivity contribution in [1.82, 2.24) is 0 Å². The molecule has 0 bridgehead atoms. The second-order valence-corrected chi connectivity index (χ2v) is 20.6. The van der Waals surface area contributed by atoms with Crippen molar-refractivity contribution in [3.05, 3.63) is 0 Å². The van der Waals surface area contributed by atoms with Gasteiger partial charge in [0.2, 0.25) is 0 Å². The lowest BCUT2D eigenvalue weighted by atomic mass is 10.0. The van der Waals surface area contributed by atoms with E-state index in [0.717, 1.165) is 57.8 Å². The van der Waals surface area contributed by atoms with Crippen LogP contribution >= 0.6 is 0 Å². The summed E-state index contributed by atoms with van der Waals surface area (Å²) in [6, 6.07) is 0. The molecule has 392 valence electrons. The standard InChI is InChI=1S/C60H116O6/c1-4-7-10-13-16-19-22-24-26-28-29-30-31-32-34-35-38-41-44-47-50-53-59(62)65-56-57(55-64-58(61)52-49-46-43-40-37-21-18-15-12-9-6-3)66-60(63)54-51-48-45-42-39-36-33-27-25-23-20-17-14-11-8-5-2/h57H,4-56H2,1-3H3. The first-order chi connectivity index (χ1) is 32.5. The Morgan fingerprint density at radius 1 is 0.242 bits per heavy atom. The van der Waals surface area contributed by atoms with E-state index >= 15 is 0 Å². The van der Waals surface area contributed by atoms with E-state index in [1.165, 1.54) is 250 Å². The molecule has 0 saturated carbocycles. The molecule has 0 saturated heterocycles. The van der Waals surface area contributed by atoms with Gasteiger partial charge >= 0.3 is 17.9 Å². The van der Waals surface area contributed by atoms with Gasteiger partial charge in [-0.3, -0.25) is 14.4 Å². The maximum atomic E-state index is 12.8. The van der Waals surface area contributed by atoms with Crippen LogP contribution in [0.25, 0.3) is 0 Å². The van der Waals surface area contributed by atoms with Crippen molar-refractivity contribution in [3.8, 4) is 0 Å². The Labute approximate surface area is 412 Å². The topological polar surface area (TPSA) is 78.9 Å². The van der Waals surface area contributed by atoms with Crippen LogP contribution in [0.2, 0.25) is 0 Å². The Kier molecular flexibility index (Phi) is 54.7. The molecule has 0 aliphatic rings. The predicted molar refractivity (Wildman–Crippen MR) is 284 cm³/mol. The molecule has 0 aromatic carbocycles. The summed E-state index contributed by atoms with van der Waals surface area (Å²) < 4.78 is 16.9. The molecule has 1 unspecified atom stereocenters. The van der Waals surface area contributed by atoms with E-state index in [-0.39, 0.29) is 31.1 Å². The molecule has 6 nitrogen and oxygen atoms in total. The number of hydrogen-bond acceptors (Lipinski definition) is 6. The van der Waals surface area contributed by atoms with E-state index in [1.54, 1.807) is 0 Å². The van der Waals surface area contributed by atoms with E-state index in [9.17, 15) is 14.4 Å². The van der Waals surface area contributed by atoms with Gasteiger partial charge in [0.1, 0.15) is 13.2 Å². The van der Waals surface area contributed by atoms with Crippen molar-refractivity contribution < 1.29 is 28.6 Å². The fourth-order valence-electron chi connectivity index (χ4n) is 9.33. The summed E-state index contributed by atoms with van der Waals surface area (Å²) in [6.07, 6.45) is 62.4. The number of hydrogen-bond donors (Lipinski definition) is 0. The average molecular weight is 934 g/mol. The minimum Gasteiger partial charge on any atom is -0.462 e. The van der Waals surface area contributed by atoms with Crippen LogP contribution in [-0.2, 0) is 28.6 Å². The van der Waals surface area contributed by atoms with Crippen LogP contribution in [0.1, 0.15) is 348 Å². The van der Waals surface area contributed by atoms with E-state index in [1.807, 2.05) is 0 Å². The predicted octanol–water partition coefficient (Wildman–Crippen LogP) is 19.9. The molecule has 0 aliphatic heterocycles. The van der Waals surface area contributed by atoms with Gasteiger partial charge in [-0.1, -0.05) is 310 Å². The Bertz CT molecular complexity index is 982. The second-order valence-electron chi connectivity index (χ2n) is 20.6. The second kappa shape index (κ2) is 56.0. The summed E-state index contributed by atoms with van der Waals surface area (Å²) in [7, 11) is 0. The molecule has 0 amide bonds. The zero-order valence-corrected chi connectivity index (χ0v) is 45.0. The summed E-state index contributed by atoms with van der Waals surface area (Å²) in [4.78, 5) is 38.1. The first-order valence-electron chi connectivity index (χ1n) is 30.0. The van der Waals surface area contributed by atoms with Gasteiger partial charge in [-0.05, 0) is 19.3 Å². The van der Waals surface area contributed by atoms with Gasteiger partial charge in [-0.25, -0.2) is 0 Å². The molecule has 1 atom stereocenters. The van der Waals surface area contributed by atoms with Crippen LogP contribution in [0.15, 0.2) is 0 Å². The number of rotatable bonds is 56. The number of unbranched alkanes of at least 4 members (excludes halogenated alkanes) is 45. The average Bonchev–Trinajstić information content (AvgIpc) is 3.31. The SMILES string of the molecule is CCCCCCCCCCCCCCCCCCCCCCCC(=O)OCC(COC(=O)CCCCCCCCCCCCC)OC(=O)CCCCCCCCCCCCCCCCCC. The van der Waals surface area contributed by atoms with Crippen LogP contribution < -0.4 is 0 Å². The van der Waals surface area contributed by atoms with Crippen molar-refractivity contribution in [2.24, 2.45) is 0 Å². The molecule has 0 aromatic heterocycles. The maximum absolute atomic E-state index is 12.8. The van der Waals surface area contributed by atoms with Gasteiger partial charge in [0.05, 0.1) is 0 Å². The molecular weight excluding hydrogens is 817 g/mol. The number of carbonyl (C=O) groups excluding carboxylic acids is 3. The molecule has 0 aliphatic carbocycles. The van der Waals surface area contributed by atoms with E-state index in [0.29, 0.717) is 19.3 Å². The lowest BCUT2D eigenvalue weighted by molar-refractivity contribution is -0.167. The van der Waals surface area contributed by atoms with Crippen molar-refractivity contribution in [3.63, 3.8) is 0 Å². The number of esters is 3. The minimum atomic E-state index is -0.761. The monoisotopic (exact) mass is 933 g/mol. The molecule has 0 N–H and O–H groups in total. The number of ether oxygens (including phenoxy) is 3. The Morgan fingerprint density at radius 3 is 0.606 bits per heavy atom. The van der Waals surface area contributed by atoms with Gasteiger partial charge in [-0.2, -0.15) is 0 Å². The van der Waals surface area contributed by atoms with Crippen LogP contribution in [0, 0.1) is 0 Å². The number of carbonyl (C=O) groups is 3. The van der Waals surface area contributed by atoms with E-state index < -0.39 is 6.10 Å². The molecular formula is C60H116O6. The van der Waals surface area contributed by atoms with Gasteiger partial charge in [-0.15, -0.1) is 0 Å². The third kappa shape index (κ3) is 53.4. The van der Waals surface area contributed by atoms with Crippen molar-refractivity contribution in [2.45, 2.75) is 354 Å². The normalized spacial score (nSPS) is 11.9. The van der Waals surface area contributed by atoms with Crippen molar-refractivity contribution >= 4 is 17.9 Å². The highest BCUT2D eigenvalue weighted by atomic mass is 16.6. The molecule has 0 aromatic rings. The zero-order valence-electron chi connectivity index (χ0n) is 45.0. The quantitative estimate of drug-likeness (QED) is 0.0343. The summed E-state index contributed by atoms with van der Waals surface area (Å²) in [5, 5.41) is 0. The molecule has 66 heavy (non-hydrogen) atoms. The smallest absolute Gasteiger partial charge is 0.306 e. The Morgan fingerprint density at radius 2 is 0.409 bits per heavy atom. The molecule has 0 radical (unpaired) electrons. The molecule has 0 heterocycles. The fourth-order valence-corrected chi connectivity index (χ4v) is 9.33. The van der Waals surface area contributed by atoms with Crippen molar-refractivity contribution in [2.75, 3.05) is 13.2 Å². The Balaban J connectivity index is 4.21. The minimum absolute atomic E-state index is 0.0610. The highest BCUT2D eigenvalue weighted by Crippen LogP contribution is 2.18. The third-order valence-electron chi connectivity index (χ3n) is 13.9. The molecule has 0 fully saturated rings. The molecule has 0 spiro atoms. The zero-order chi connectivity index (χ0) is 47.9. The summed E-state index contributed by atoms with van der Waals surface area (Å²) >= 11 is 0. The highest BCUT2D eigenvalue weighted by Gasteiger charge is 2.19. The van der Waals surface area contributed by atoms with Crippen LogP contribution in [-0.4, -0.2) is 37.2 Å². The van der Waals surface area contributed by atoms with E-state index in [2.05, 4.69) is 20.8 Å². The largest absolute Gasteiger partial charge is 0.462 e. The highest BCUT2D eigenvalue weighted by molar-refractivity contribution is 5.71. The fraction of sp³-hybridized carbons (Fsp3) is 0.950. The molecule has 6 heteroatoms. The first-order valence-corrected chi connectivity index (χ1v) is 30.0. The molecule has 0 rings (SSSR count). The van der Waals surface area contributed by atoms with E-state index in [4.69, 9.17) is 14.2 Å². The lowest BCUT2D eigenvalue weighted by Gasteiger charge is -2.18. The van der Waals surface area contributed by atoms with Crippen LogP contribution in [0.3, 0.4) is 0 Å². The maximum Gasteiger partial charge on any atom is 0.306 e. The van der Waals surface area contributed by atoms with Crippen LogP contribution in [0.4, 0.5) is 0 Å². The van der Waals surface area contributed by atoms with Crippen LogP contribution in [0.5, 0.6) is 0 Å². The lowest BCUT2D eigenvalue weighted by Crippen LogP contribution is -2.30. The summed E-state index contributed by atoms with van der Waals surface area (Å²) in [6.45, 7) is 6.71.